The molecule has 0 saturated heterocycles. The van der Waals surface area contributed by atoms with Gasteiger partial charge in [0, 0.05) is 32.9 Å². The molecule has 102 valence electrons. The van der Waals surface area contributed by atoms with Crippen molar-refractivity contribution in [2.75, 3.05) is 33.4 Å². The normalized spacial score (nSPS) is 10.7. The molecule has 1 rings (SSSR count). The van der Waals surface area contributed by atoms with Crippen LogP contribution in [0.3, 0.4) is 0 Å². The number of carbonyl (C=O) groups is 1. The van der Waals surface area contributed by atoms with Crippen LogP contribution >= 0.6 is 0 Å². The first kappa shape index (κ1) is 14.7. The van der Waals surface area contributed by atoms with Crippen molar-refractivity contribution in [3.05, 3.63) is 17.0 Å². The van der Waals surface area contributed by atoms with Gasteiger partial charge in [0.1, 0.15) is 0 Å². The second-order valence-corrected chi connectivity index (χ2v) is 4.30. The highest BCUT2D eigenvalue weighted by atomic mass is 16.5. The minimum Gasteiger partial charge on any atom is -0.378 e. The first-order valence-corrected chi connectivity index (χ1v) is 6.02. The summed E-state index contributed by atoms with van der Waals surface area (Å²) in [6, 6.07) is 0. The van der Waals surface area contributed by atoms with Crippen LogP contribution < -0.4 is 5.73 Å². The van der Waals surface area contributed by atoms with Gasteiger partial charge in [-0.3, -0.25) is 9.48 Å². The van der Waals surface area contributed by atoms with Crippen LogP contribution in [-0.4, -0.2) is 53.9 Å². The molecule has 0 fully saturated rings. The summed E-state index contributed by atoms with van der Waals surface area (Å²) in [5, 5.41) is 4.25. The predicted octanol–water partition coefficient (Wildman–Crippen LogP) is 0.0842. The van der Waals surface area contributed by atoms with Crippen LogP contribution in [-0.2, 0) is 11.8 Å². The van der Waals surface area contributed by atoms with E-state index in [1.54, 1.807) is 16.6 Å². The number of ether oxygens (including phenoxy) is 1. The average molecular weight is 254 g/mol. The zero-order chi connectivity index (χ0) is 13.7. The first-order valence-electron chi connectivity index (χ1n) is 6.02. The Kier molecular flexibility index (Phi) is 5.30. The van der Waals surface area contributed by atoms with E-state index >= 15 is 0 Å². The SMILES string of the molecule is Cc1nn(C)c(C)c1C(=O)N(C)CCOCCN. The number of nitrogens with zero attached hydrogens (tertiary/aromatic N) is 3. The van der Waals surface area contributed by atoms with Gasteiger partial charge in [-0.2, -0.15) is 5.10 Å². The van der Waals surface area contributed by atoms with Gasteiger partial charge < -0.3 is 15.4 Å². The fourth-order valence-corrected chi connectivity index (χ4v) is 1.76. The maximum absolute atomic E-state index is 12.3. The molecule has 6 heteroatoms. The van der Waals surface area contributed by atoms with Gasteiger partial charge in [0.25, 0.3) is 5.91 Å². The van der Waals surface area contributed by atoms with Gasteiger partial charge >= 0.3 is 0 Å². The Morgan fingerprint density at radius 3 is 2.61 bits per heavy atom. The fraction of sp³-hybridized carbons (Fsp3) is 0.667. The second kappa shape index (κ2) is 6.51. The lowest BCUT2D eigenvalue weighted by Crippen LogP contribution is -2.31. The number of hydrogen-bond donors (Lipinski definition) is 1. The molecule has 1 amide bonds. The number of likely N-dealkylation sites (N-methyl/N-ethyl adjacent to an activating group) is 1. The number of rotatable bonds is 6. The molecular formula is C12H22N4O2. The van der Waals surface area contributed by atoms with E-state index in [9.17, 15) is 4.79 Å². The second-order valence-electron chi connectivity index (χ2n) is 4.30. The van der Waals surface area contributed by atoms with Crippen molar-refractivity contribution in [1.29, 1.82) is 0 Å². The number of aromatic nitrogens is 2. The molecule has 0 aromatic carbocycles. The van der Waals surface area contributed by atoms with Crippen molar-refractivity contribution in [3.8, 4) is 0 Å². The van der Waals surface area contributed by atoms with E-state index in [2.05, 4.69) is 5.10 Å². The van der Waals surface area contributed by atoms with Crippen LogP contribution in [0.1, 0.15) is 21.7 Å². The monoisotopic (exact) mass is 254 g/mol. The van der Waals surface area contributed by atoms with E-state index in [-0.39, 0.29) is 5.91 Å². The van der Waals surface area contributed by atoms with E-state index < -0.39 is 0 Å². The van der Waals surface area contributed by atoms with Gasteiger partial charge in [-0.15, -0.1) is 0 Å². The van der Waals surface area contributed by atoms with Gasteiger partial charge in [-0.25, -0.2) is 0 Å². The molecule has 0 aliphatic heterocycles. The lowest BCUT2D eigenvalue weighted by molar-refractivity contribution is 0.0703. The summed E-state index contributed by atoms with van der Waals surface area (Å²) in [6.07, 6.45) is 0. The molecule has 0 atom stereocenters. The summed E-state index contributed by atoms with van der Waals surface area (Å²) in [7, 11) is 3.60. The third-order valence-corrected chi connectivity index (χ3v) is 2.90. The van der Waals surface area contributed by atoms with E-state index in [0.29, 0.717) is 31.9 Å². The zero-order valence-electron chi connectivity index (χ0n) is 11.6. The summed E-state index contributed by atoms with van der Waals surface area (Å²) in [6.45, 7) is 5.81. The molecule has 0 unspecified atom stereocenters. The topological polar surface area (TPSA) is 73.4 Å². The molecule has 1 heterocycles. The summed E-state index contributed by atoms with van der Waals surface area (Å²) in [5.74, 6) is -0.0190. The van der Waals surface area contributed by atoms with Crippen molar-refractivity contribution < 1.29 is 9.53 Å². The van der Waals surface area contributed by atoms with Gasteiger partial charge in [0.2, 0.25) is 0 Å². The van der Waals surface area contributed by atoms with Crippen LogP contribution in [0.2, 0.25) is 0 Å². The van der Waals surface area contributed by atoms with Crippen molar-refractivity contribution in [1.82, 2.24) is 14.7 Å². The predicted molar refractivity (Wildman–Crippen MR) is 69.5 cm³/mol. The van der Waals surface area contributed by atoms with Crippen molar-refractivity contribution >= 4 is 5.91 Å². The smallest absolute Gasteiger partial charge is 0.257 e. The number of aryl methyl sites for hydroxylation is 2. The van der Waals surface area contributed by atoms with Gasteiger partial charge in [0.05, 0.1) is 24.5 Å². The molecular weight excluding hydrogens is 232 g/mol. The molecule has 0 aliphatic rings. The maximum Gasteiger partial charge on any atom is 0.257 e. The maximum atomic E-state index is 12.3. The Hall–Kier alpha value is -1.40. The number of amides is 1. The van der Waals surface area contributed by atoms with Gasteiger partial charge in [0.15, 0.2) is 0 Å². The highest BCUT2D eigenvalue weighted by Gasteiger charge is 2.20. The minimum absolute atomic E-state index is 0.0190. The standard InChI is InChI=1S/C12H22N4O2/c1-9-11(10(2)16(4)14-9)12(17)15(3)6-8-18-7-5-13/h5-8,13H2,1-4H3. The molecule has 2 N–H and O–H groups in total. The Bertz CT molecular complexity index is 414. The molecule has 0 saturated carbocycles. The molecule has 0 bridgehead atoms. The fourth-order valence-electron chi connectivity index (χ4n) is 1.76. The Balaban J connectivity index is 2.63. The Morgan fingerprint density at radius 1 is 1.44 bits per heavy atom. The Morgan fingerprint density at radius 2 is 2.11 bits per heavy atom. The molecule has 0 aliphatic carbocycles. The minimum atomic E-state index is -0.0190. The Labute approximate surface area is 108 Å². The van der Waals surface area contributed by atoms with Crippen LogP contribution in [0.4, 0.5) is 0 Å². The summed E-state index contributed by atoms with van der Waals surface area (Å²) in [5.41, 5.74) is 7.64. The highest BCUT2D eigenvalue weighted by molar-refractivity contribution is 5.96. The molecule has 1 aromatic heterocycles. The molecule has 0 radical (unpaired) electrons. The van der Waals surface area contributed by atoms with E-state index in [0.717, 1.165) is 11.4 Å². The molecule has 18 heavy (non-hydrogen) atoms. The molecule has 1 aromatic rings. The van der Waals surface area contributed by atoms with E-state index in [1.807, 2.05) is 20.9 Å². The van der Waals surface area contributed by atoms with E-state index in [4.69, 9.17) is 10.5 Å². The van der Waals surface area contributed by atoms with Crippen LogP contribution in [0, 0.1) is 13.8 Å². The number of carbonyl (C=O) groups excluding carboxylic acids is 1. The first-order chi connectivity index (χ1) is 8.49. The summed E-state index contributed by atoms with van der Waals surface area (Å²) >= 11 is 0. The molecule has 0 spiro atoms. The van der Waals surface area contributed by atoms with Crippen LogP contribution in [0.5, 0.6) is 0 Å². The quantitative estimate of drug-likeness (QED) is 0.730. The lowest BCUT2D eigenvalue weighted by Gasteiger charge is -2.17. The third kappa shape index (κ3) is 3.30. The van der Waals surface area contributed by atoms with Crippen LogP contribution in [0.25, 0.3) is 0 Å². The third-order valence-electron chi connectivity index (χ3n) is 2.90. The average Bonchev–Trinajstić information content (AvgIpc) is 2.58. The summed E-state index contributed by atoms with van der Waals surface area (Å²) < 4.78 is 6.99. The lowest BCUT2D eigenvalue weighted by atomic mass is 10.2. The van der Waals surface area contributed by atoms with Crippen molar-refractivity contribution in [2.24, 2.45) is 12.8 Å². The molecule has 6 nitrogen and oxygen atoms in total. The summed E-state index contributed by atoms with van der Waals surface area (Å²) in [4.78, 5) is 13.9. The zero-order valence-corrected chi connectivity index (χ0v) is 11.6. The van der Waals surface area contributed by atoms with Gasteiger partial charge in [-0.05, 0) is 13.8 Å². The highest BCUT2D eigenvalue weighted by Crippen LogP contribution is 2.13. The van der Waals surface area contributed by atoms with Gasteiger partial charge in [-0.1, -0.05) is 0 Å². The van der Waals surface area contributed by atoms with Crippen molar-refractivity contribution in [2.45, 2.75) is 13.8 Å². The van der Waals surface area contributed by atoms with Crippen molar-refractivity contribution in [3.63, 3.8) is 0 Å². The largest absolute Gasteiger partial charge is 0.378 e. The number of hydrogen-bond acceptors (Lipinski definition) is 4. The number of nitrogens with two attached hydrogens (primary N) is 1. The van der Waals surface area contributed by atoms with Crippen LogP contribution in [0.15, 0.2) is 0 Å². The van der Waals surface area contributed by atoms with E-state index in [1.165, 1.54) is 0 Å².